The van der Waals surface area contributed by atoms with Crippen molar-refractivity contribution in [2.45, 2.75) is 51.1 Å². The molecule has 0 saturated carbocycles. The quantitative estimate of drug-likeness (QED) is 0.347. The van der Waals surface area contributed by atoms with Crippen LogP contribution in [0.3, 0.4) is 0 Å². The van der Waals surface area contributed by atoms with Crippen LogP contribution in [0.5, 0.6) is 5.75 Å². The summed E-state index contributed by atoms with van der Waals surface area (Å²) >= 11 is 0. The van der Waals surface area contributed by atoms with Crippen LogP contribution >= 0.6 is 0 Å². The number of carbonyl (C=O) groups excluding carboxylic acids is 2. The number of hydrogen-bond donors (Lipinski definition) is 3. The minimum atomic E-state index is -0.659. The van der Waals surface area contributed by atoms with Gasteiger partial charge in [-0.25, -0.2) is 9.97 Å². The van der Waals surface area contributed by atoms with Crippen LogP contribution in [0.25, 0.3) is 0 Å². The Kier molecular flexibility index (Phi) is 10.2. The first-order valence-electron chi connectivity index (χ1n) is 15.8. The van der Waals surface area contributed by atoms with Gasteiger partial charge in [0.2, 0.25) is 5.91 Å². The first-order valence-corrected chi connectivity index (χ1v) is 15.8. The average Bonchev–Trinajstić information content (AvgIpc) is 3.05. The van der Waals surface area contributed by atoms with Crippen molar-refractivity contribution >= 4 is 34.8 Å². The van der Waals surface area contributed by atoms with Crippen LogP contribution in [0.4, 0.5) is 23.0 Å². The van der Waals surface area contributed by atoms with Gasteiger partial charge >= 0.3 is 0 Å². The van der Waals surface area contributed by atoms with Gasteiger partial charge in [0.05, 0.1) is 18.5 Å². The van der Waals surface area contributed by atoms with Crippen LogP contribution in [-0.2, 0) is 11.2 Å². The van der Waals surface area contributed by atoms with Crippen LogP contribution in [0.2, 0.25) is 0 Å². The Balaban J connectivity index is 1.31. The van der Waals surface area contributed by atoms with Gasteiger partial charge in [0, 0.05) is 76.2 Å². The second-order valence-electron chi connectivity index (χ2n) is 12.0. The molecule has 12 heteroatoms. The monoisotopic (exact) mass is 605 g/mol. The molecule has 1 aromatic carbocycles. The fourth-order valence-electron chi connectivity index (χ4n) is 6.52. The smallest absolute Gasteiger partial charge is 0.271 e. The van der Waals surface area contributed by atoms with Gasteiger partial charge in [-0.1, -0.05) is 13.5 Å². The summed E-state index contributed by atoms with van der Waals surface area (Å²) in [6.07, 6.45) is 5.92. The van der Waals surface area contributed by atoms with Crippen molar-refractivity contribution in [1.29, 1.82) is 0 Å². The zero-order valence-corrected chi connectivity index (χ0v) is 26.3. The number of likely N-dealkylation sites (tertiary alicyclic amines) is 1. The molecule has 0 unspecified atom stereocenters. The Morgan fingerprint density at radius 3 is 2.48 bits per heavy atom. The lowest BCUT2D eigenvalue weighted by atomic mass is 10.0. The summed E-state index contributed by atoms with van der Waals surface area (Å²) in [7, 11) is 3.87. The molecule has 4 heterocycles. The molecule has 3 aliphatic rings. The summed E-state index contributed by atoms with van der Waals surface area (Å²) in [5, 5.41) is 6.75. The maximum atomic E-state index is 12.4. The highest BCUT2D eigenvalue weighted by molar-refractivity contribution is 5.96. The van der Waals surface area contributed by atoms with Crippen LogP contribution in [0, 0.1) is 0 Å². The van der Waals surface area contributed by atoms with Crippen molar-refractivity contribution < 1.29 is 14.3 Å². The van der Waals surface area contributed by atoms with Gasteiger partial charge in [-0.15, -0.1) is 0 Å². The SMILES string of the molecule is C=CC(=O)N1CCC[C@@H](Nc2nc(Nc3ccc(N4CCC(N5CCN(C)CC5)CC4)c(OC)c3)c(C(N)=O)nc2CC)C1. The van der Waals surface area contributed by atoms with E-state index in [2.05, 4.69) is 50.0 Å². The number of rotatable bonds is 10. The molecule has 44 heavy (non-hydrogen) atoms. The van der Waals surface area contributed by atoms with Gasteiger partial charge in [0.15, 0.2) is 17.3 Å². The normalized spacial score (nSPS) is 20.3. The Morgan fingerprint density at radius 1 is 1.07 bits per heavy atom. The van der Waals surface area contributed by atoms with E-state index in [1.807, 2.05) is 19.1 Å². The Hall–Kier alpha value is -3.90. The number of ether oxygens (including phenoxy) is 1. The largest absolute Gasteiger partial charge is 0.495 e. The van der Waals surface area contributed by atoms with E-state index in [0.717, 1.165) is 76.4 Å². The van der Waals surface area contributed by atoms with E-state index in [0.29, 0.717) is 42.8 Å². The number of piperidine rings is 2. The minimum Gasteiger partial charge on any atom is -0.495 e. The first-order chi connectivity index (χ1) is 21.3. The highest BCUT2D eigenvalue weighted by atomic mass is 16.5. The van der Waals surface area contributed by atoms with E-state index in [-0.39, 0.29) is 23.5 Å². The van der Waals surface area contributed by atoms with E-state index >= 15 is 0 Å². The van der Waals surface area contributed by atoms with Crippen LogP contribution < -0.4 is 26.0 Å². The molecule has 5 rings (SSSR count). The number of likely N-dealkylation sites (N-methyl/N-ethyl adjacent to an activating group) is 1. The molecule has 0 aliphatic carbocycles. The van der Waals surface area contributed by atoms with Crippen molar-refractivity contribution in [2.24, 2.45) is 5.73 Å². The summed E-state index contributed by atoms with van der Waals surface area (Å²) in [6.45, 7) is 13.3. The maximum Gasteiger partial charge on any atom is 0.271 e. The molecule has 12 nitrogen and oxygen atoms in total. The summed E-state index contributed by atoms with van der Waals surface area (Å²) in [5.74, 6) is 0.855. The molecule has 3 saturated heterocycles. The van der Waals surface area contributed by atoms with Gasteiger partial charge in [0.1, 0.15) is 5.75 Å². The van der Waals surface area contributed by atoms with Crippen molar-refractivity contribution in [1.82, 2.24) is 24.7 Å². The van der Waals surface area contributed by atoms with Gasteiger partial charge in [-0.3, -0.25) is 14.5 Å². The molecule has 0 spiro atoms. The standard InChI is InChI=1S/C32H47N9O3/c1-5-25-31(35-23-8-7-13-41(21-23)28(42)6-2)37-32(29(36-25)30(33)43)34-22-9-10-26(27(20-22)44-4)40-14-11-24(12-15-40)39-18-16-38(3)17-19-39/h6,9-10,20,23-24H,2,5,7-8,11-19,21H2,1,3-4H3,(H2,33,43)(H2,34,35,37)/t23-/m1/s1. The minimum absolute atomic E-state index is 0.000650. The van der Waals surface area contributed by atoms with Crippen molar-refractivity contribution in [2.75, 3.05) is 82.0 Å². The highest BCUT2D eigenvalue weighted by Gasteiger charge is 2.28. The fraction of sp³-hybridized carbons (Fsp3) is 0.562. The molecule has 0 bridgehead atoms. The van der Waals surface area contributed by atoms with E-state index in [4.69, 9.17) is 15.5 Å². The number of aromatic nitrogens is 2. The second-order valence-corrected chi connectivity index (χ2v) is 12.0. The van der Waals surface area contributed by atoms with Crippen LogP contribution in [0.15, 0.2) is 30.9 Å². The molecule has 2 amide bonds. The number of anilines is 4. The molecule has 2 aromatic rings. The Labute approximate surface area is 260 Å². The lowest BCUT2D eigenvalue weighted by Crippen LogP contribution is -2.52. The van der Waals surface area contributed by atoms with Gasteiger partial charge in [0.25, 0.3) is 5.91 Å². The predicted molar refractivity (Wildman–Crippen MR) is 174 cm³/mol. The number of carbonyl (C=O) groups is 2. The number of aryl methyl sites for hydroxylation is 1. The second kappa shape index (κ2) is 14.3. The van der Waals surface area contributed by atoms with Crippen LogP contribution in [0.1, 0.15) is 48.8 Å². The van der Waals surface area contributed by atoms with Gasteiger partial charge in [-0.2, -0.15) is 0 Å². The number of nitrogens with two attached hydrogens (primary N) is 1. The molecule has 3 aliphatic heterocycles. The first kappa shape index (κ1) is 31.5. The third kappa shape index (κ3) is 7.24. The number of methoxy groups -OCH3 is 1. The Bertz CT molecular complexity index is 1340. The molecule has 4 N–H and O–H groups in total. The maximum absolute atomic E-state index is 12.4. The van der Waals surface area contributed by atoms with E-state index in [9.17, 15) is 9.59 Å². The molecule has 1 atom stereocenters. The van der Waals surface area contributed by atoms with Gasteiger partial charge < -0.3 is 35.8 Å². The number of piperazine rings is 1. The van der Waals surface area contributed by atoms with E-state index in [1.54, 1.807) is 12.0 Å². The number of nitrogens with one attached hydrogen (secondary N) is 2. The van der Waals surface area contributed by atoms with Crippen LogP contribution in [-0.4, -0.2) is 115 Å². The molecule has 1 aromatic heterocycles. The lowest BCUT2D eigenvalue weighted by Gasteiger charge is -2.42. The van der Waals surface area contributed by atoms with E-state index in [1.165, 1.54) is 6.08 Å². The third-order valence-corrected chi connectivity index (χ3v) is 9.09. The zero-order valence-electron chi connectivity index (χ0n) is 26.3. The van der Waals surface area contributed by atoms with Gasteiger partial charge in [-0.05, 0) is 57.4 Å². The fourth-order valence-corrected chi connectivity index (χ4v) is 6.52. The molecular formula is C32H47N9O3. The highest BCUT2D eigenvalue weighted by Crippen LogP contribution is 2.35. The summed E-state index contributed by atoms with van der Waals surface area (Å²) < 4.78 is 5.83. The summed E-state index contributed by atoms with van der Waals surface area (Å²) in [4.78, 5) is 43.3. The van der Waals surface area contributed by atoms with E-state index < -0.39 is 5.91 Å². The van der Waals surface area contributed by atoms with Crippen molar-refractivity contribution in [3.05, 3.63) is 42.2 Å². The number of primary amides is 1. The summed E-state index contributed by atoms with van der Waals surface area (Å²) in [5.41, 5.74) is 8.24. The molecule has 3 fully saturated rings. The molecular weight excluding hydrogens is 558 g/mol. The Morgan fingerprint density at radius 2 is 1.82 bits per heavy atom. The van der Waals surface area contributed by atoms with Crippen molar-refractivity contribution in [3.8, 4) is 5.75 Å². The number of benzene rings is 1. The topological polar surface area (TPSA) is 132 Å². The molecule has 238 valence electrons. The predicted octanol–water partition coefficient (Wildman–Crippen LogP) is 2.70. The number of nitrogens with zero attached hydrogens (tertiary/aromatic N) is 6. The van der Waals surface area contributed by atoms with Crippen molar-refractivity contribution in [3.63, 3.8) is 0 Å². The molecule has 0 radical (unpaired) electrons. The lowest BCUT2D eigenvalue weighted by molar-refractivity contribution is -0.127. The summed E-state index contributed by atoms with van der Waals surface area (Å²) in [6, 6.07) is 6.58. The third-order valence-electron chi connectivity index (χ3n) is 9.09. The average molecular weight is 606 g/mol. The zero-order chi connectivity index (χ0) is 31.2. The number of amides is 2. The number of hydrogen-bond acceptors (Lipinski definition) is 10.